The van der Waals surface area contributed by atoms with E-state index >= 15 is 4.39 Å². The molecule has 3 saturated heterocycles. The third-order valence-corrected chi connectivity index (χ3v) is 9.37. The van der Waals surface area contributed by atoms with Crippen LogP contribution in [0.25, 0.3) is 32.9 Å². The number of pyridine rings is 1. The summed E-state index contributed by atoms with van der Waals surface area (Å²) in [4.78, 5) is 17.6. The quantitative estimate of drug-likeness (QED) is 0.308. The molecule has 3 aliphatic rings. The number of aliphatic hydroxyl groups is 1. The van der Waals surface area contributed by atoms with Gasteiger partial charge < -0.3 is 20.5 Å². The second-order valence-corrected chi connectivity index (χ2v) is 12.6. The maximum atomic E-state index is 16.7. The van der Waals surface area contributed by atoms with Crippen molar-refractivity contribution in [3.05, 3.63) is 47.5 Å². The summed E-state index contributed by atoms with van der Waals surface area (Å²) in [5, 5.41) is 12.0. The lowest BCUT2D eigenvalue weighted by Crippen LogP contribution is -2.46. The average Bonchev–Trinajstić information content (AvgIpc) is 3.52. The minimum Gasteiger partial charge on any atom is -0.461 e. The molecule has 44 heavy (non-hydrogen) atoms. The van der Waals surface area contributed by atoms with Gasteiger partial charge in [0.1, 0.15) is 41.4 Å². The van der Waals surface area contributed by atoms with Crippen LogP contribution in [-0.2, 0) is 0 Å². The molecule has 0 saturated carbocycles. The molecule has 2 aromatic heterocycles. The Morgan fingerprint density at radius 2 is 1.93 bits per heavy atom. The van der Waals surface area contributed by atoms with Crippen molar-refractivity contribution in [2.45, 2.75) is 56.3 Å². The molecule has 1 unspecified atom stereocenters. The Kier molecular flexibility index (Phi) is 6.83. The number of fused-ring (bicyclic) bond motifs is 3. The van der Waals surface area contributed by atoms with Crippen molar-refractivity contribution in [1.29, 1.82) is 0 Å². The van der Waals surface area contributed by atoms with Crippen LogP contribution in [0.5, 0.6) is 6.01 Å². The lowest BCUT2D eigenvalue weighted by Gasteiger charge is -2.38. The van der Waals surface area contributed by atoms with Crippen molar-refractivity contribution >= 4 is 33.3 Å². The zero-order valence-corrected chi connectivity index (χ0v) is 24.4. The molecular weight excluding hydrogens is 569 g/mol. The fourth-order valence-electron chi connectivity index (χ4n) is 7.37. The molecule has 0 spiro atoms. The number of ether oxygens (including phenoxy) is 1. The number of hydrogen-bond donors (Lipinski definition) is 2. The van der Waals surface area contributed by atoms with E-state index in [-0.39, 0.29) is 52.7 Å². The Balaban J connectivity index is 1.40. The van der Waals surface area contributed by atoms with Gasteiger partial charge in [0.15, 0.2) is 5.82 Å². The van der Waals surface area contributed by atoms with Gasteiger partial charge in [-0.15, -0.1) is 6.42 Å². The number of alkyl halides is 1. The zero-order valence-electron chi connectivity index (χ0n) is 24.4. The van der Waals surface area contributed by atoms with Gasteiger partial charge in [-0.1, -0.05) is 30.2 Å². The number of nitrogens with two attached hydrogens (primary N) is 1. The van der Waals surface area contributed by atoms with Crippen molar-refractivity contribution in [2.75, 3.05) is 43.4 Å². The van der Waals surface area contributed by atoms with Gasteiger partial charge in [0, 0.05) is 37.0 Å². The predicted molar refractivity (Wildman–Crippen MR) is 163 cm³/mol. The topological polar surface area (TPSA) is 101 Å². The number of benzene rings is 2. The van der Waals surface area contributed by atoms with Crippen molar-refractivity contribution in [2.24, 2.45) is 0 Å². The fraction of sp³-hybridized carbons (Fsp3) is 0.424. The van der Waals surface area contributed by atoms with E-state index in [0.717, 1.165) is 19.4 Å². The Morgan fingerprint density at radius 1 is 1.11 bits per heavy atom. The molecule has 0 aliphatic carbocycles. The minimum absolute atomic E-state index is 0.0102. The highest BCUT2D eigenvalue weighted by Crippen LogP contribution is 2.42. The smallest absolute Gasteiger partial charge is 0.319 e. The van der Waals surface area contributed by atoms with Gasteiger partial charge in [0.2, 0.25) is 0 Å². The number of terminal acetylenes is 1. The van der Waals surface area contributed by atoms with E-state index in [9.17, 15) is 13.9 Å². The maximum Gasteiger partial charge on any atom is 0.319 e. The van der Waals surface area contributed by atoms with Crippen molar-refractivity contribution in [3.8, 4) is 29.6 Å². The highest BCUT2D eigenvalue weighted by Gasteiger charge is 2.49. The first-order chi connectivity index (χ1) is 21.1. The highest BCUT2D eigenvalue weighted by atomic mass is 19.1. The largest absolute Gasteiger partial charge is 0.461 e. The van der Waals surface area contributed by atoms with Crippen LogP contribution in [-0.4, -0.2) is 75.1 Å². The van der Waals surface area contributed by atoms with Crippen LogP contribution in [0.1, 0.15) is 44.6 Å². The van der Waals surface area contributed by atoms with E-state index in [1.807, 2.05) is 4.90 Å². The van der Waals surface area contributed by atoms with Crippen LogP contribution < -0.4 is 15.4 Å². The number of piperidine rings is 1. The van der Waals surface area contributed by atoms with Gasteiger partial charge in [-0.3, -0.25) is 4.90 Å². The van der Waals surface area contributed by atoms with Crippen molar-refractivity contribution in [3.63, 3.8) is 0 Å². The molecule has 3 fully saturated rings. The number of rotatable bonds is 5. The van der Waals surface area contributed by atoms with E-state index in [0.29, 0.717) is 48.9 Å². The summed E-state index contributed by atoms with van der Waals surface area (Å²) in [6, 6.07) is 7.85. The number of nitrogens with zero attached hydrogens (tertiary/aromatic N) is 5. The Bertz CT molecular complexity index is 1840. The number of β-amino-alcohol motifs (C(OH)–C–C–N with tert-alkyl or cyclic N) is 1. The van der Waals surface area contributed by atoms with Gasteiger partial charge in [0.05, 0.1) is 22.1 Å². The highest BCUT2D eigenvalue weighted by molar-refractivity contribution is 6.04. The fourth-order valence-corrected chi connectivity index (χ4v) is 7.37. The summed E-state index contributed by atoms with van der Waals surface area (Å²) in [6.07, 6.45) is 8.09. The molecule has 228 valence electrons. The van der Waals surface area contributed by atoms with Gasteiger partial charge in [0.25, 0.3) is 0 Å². The number of hydrogen-bond acceptors (Lipinski definition) is 8. The lowest BCUT2D eigenvalue weighted by molar-refractivity contribution is 0.0447. The van der Waals surface area contributed by atoms with Crippen LogP contribution in [0.4, 0.5) is 24.8 Å². The molecule has 0 amide bonds. The predicted octanol–water partition coefficient (Wildman–Crippen LogP) is 4.99. The van der Waals surface area contributed by atoms with Crippen LogP contribution >= 0.6 is 0 Å². The van der Waals surface area contributed by atoms with E-state index in [2.05, 4.69) is 25.8 Å². The summed E-state index contributed by atoms with van der Waals surface area (Å²) < 4.78 is 52.1. The molecule has 8 nitrogen and oxygen atoms in total. The first-order valence-electron chi connectivity index (χ1n) is 14.9. The lowest BCUT2D eigenvalue weighted by atomic mass is 9.94. The van der Waals surface area contributed by atoms with E-state index in [1.54, 1.807) is 31.2 Å². The zero-order chi connectivity index (χ0) is 30.8. The summed E-state index contributed by atoms with van der Waals surface area (Å²) in [7, 11) is 0. The molecule has 4 aromatic rings. The summed E-state index contributed by atoms with van der Waals surface area (Å²) >= 11 is 0. The van der Waals surface area contributed by atoms with Gasteiger partial charge >= 0.3 is 6.01 Å². The third kappa shape index (κ3) is 4.68. The number of halogens is 3. The standard InChI is InChI=1S/C33H33F3N6O2/c1-3-21-23(35)10-9-19-7-4-8-22(24(19)21)27-26(36)28-25(29(37)38-27)30(41-13-5-11-32(2,43)17-41)40-31(39-28)44-18-33-12-6-14-42(33)16-20(34)15-33/h1,4,7-10,20,43H,5-6,11-18H2,2H3,(H2,37,38)/t20-,32-,33?/m1/s1. The minimum atomic E-state index is -1.00. The van der Waals surface area contributed by atoms with Crippen LogP contribution in [0.3, 0.4) is 0 Å². The number of nitrogen functional groups attached to an aromatic ring is 1. The van der Waals surface area contributed by atoms with Crippen LogP contribution in [0.15, 0.2) is 30.3 Å². The first kappa shape index (κ1) is 28.6. The molecule has 5 heterocycles. The van der Waals surface area contributed by atoms with Crippen molar-refractivity contribution in [1.82, 2.24) is 19.9 Å². The molecule has 0 bridgehead atoms. The van der Waals surface area contributed by atoms with Crippen LogP contribution in [0, 0.1) is 24.0 Å². The Labute approximate surface area is 253 Å². The molecule has 11 heteroatoms. The van der Waals surface area contributed by atoms with Gasteiger partial charge in [-0.2, -0.15) is 9.97 Å². The second-order valence-electron chi connectivity index (χ2n) is 12.6. The van der Waals surface area contributed by atoms with Crippen LogP contribution in [0.2, 0.25) is 0 Å². The average molecular weight is 603 g/mol. The molecule has 3 atom stereocenters. The van der Waals surface area contributed by atoms with E-state index in [1.165, 1.54) is 6.07 Å². The maximum absolute atomic E-state index is 16.7. The molecule has 7 rings (SSSR count). The monoisotopic (exact) mass is 602 g/mol. The molecular formula is C33H33F3N6O2. The number of aromatic nitrogens is 3. The second kappa shape index (κ2) is 10.5. The Hall–Kier alpha value is -4.14. The molecule has 2 aromatic carbocycles. The number of anilines is 2. The summed E-state index contributed by atoms with van der Waals surface area (Å²) in [5.74, 6) is 1.25. The van der Waals surface area contributed by atoms with Crippen molar-refractivity contribution < 1.29 is 23.0 Å². The van der Waals surface area contributed by atoms with Gasteiger partial charge in [-0.25, -0.2) is 18.2 Å². The first-order valence-corrected chi connectivity index (χ1v) is 14.9. The Morgan fingerprint density at radius 3 is 2.73 bits per heavy atom. The normalized spacial score (nSPS) is 25.5. The SMILES string of the molecule is C#Cc1c(F)ccc2cccc(-c3nc(N)c4c(N5CCC[C@@](C)(O)C5)nc(OCC56CCCN5C[C@H](F)C6)nc4c3F)c12. The van der Waals surface area contributed by atoms with Gasteiger partial charge in [-0.05, 0) is 50.6 Å². The third-order valence-electron chi connectivity index (χ3n) is 9.37. The summed E-state index contributed by atoms with van der Waals surface area (Å²) in [6.45, 7) is 3.82. The summed E-state index contributed by atoms with van der Waals surface area (Å²) in [5.41, 5.74) is 5.07. The molecule has 3 N–H and O–H groups in total. The molecule has 0 radical (unpaired) electrons. The van der Waals surface area contributed by atoms with E-state index in [4.69, 9.17) is 16.9 Å². The van der Waals surface area contributed by atoms with E-state index < -0.39 is 28.9 Å². The molecule has 3 aliphatic heterocycles.